The van der Waals surface area contributed by atoms with Crippen LogP contribution in [0.2, 0.25) is 0 Å². The molecule has 0 unspecified atom stereocenters. The van der Waals surface area contributed by atoms with E-state index in [1.807, 2.05) is 35.7 Å². The highest BCUT2D eigenvalue weighted by molar-refractivity contribution is 7.98. The number of aromatic nitrogens is 3. The van der Waals surface area contributed by atoms with Crippen LogP contribution in [0.4, 0.5) is 0 Å². The van der Waals surface area contributed by atoms with Gasteiger partial charge in [-0.1, -0.05) is 29.0 Å². The Morgan fingerprint density at radius 1 is 0.933 bits per heavy atom. The van der Waals surface area contributed by atoms with Gasteiger partial charge in [-0.3, -0.25) is 0 Å². The Morgan fingerprint density at radius 2 is 1.70 bits per heavy atom. The lowest BCUT2D eigenvalue weighted by Gasteiger charge is -2.08. The van der Waals surface area contributed by atoms with E-state index in [0.717, 1.165) is 21.8 Å². The number of methoxy groups -OCH3 is 2. The number of thiazole rings is 1. The van der Waals surface area contributed by atoms with Gasteiger partial charge in [0.1, 0.15) is 5.01 Å². The molecule has 0 bridgehead atoms. The third kappa shape index (κ3) is 4.49. The summed E-state index contributed by atoms with van der Waals surface area (Å²) in [6.07, 6.45) is 0. The van der Waals surface area contributed by atoms with E-state index in [4.69, 9.17) is 18.9 Å². The van der Waals surface area contributed by atoms with E-state index in [2.05, 4.69) is 30.1 Å². The third-order valence-corrected chi connectivity index (χ3v) is 6.19. The zero-order valence-corrected chi connectivity index (χ0v) is 18.8. The minimum Gasteiger partial charge on any atom is -0.493 e. The summed E-state index contributed by atoms with van der Waals surface area (Å²) in [5, 5.41) is 11.9. The smallest absolute Gasteiger partial charge is 0.277 e. The van der Waals surface area contributed by atoms with Crippen molar-refractivity contribution in [3.05, 3.63) is 58.6 Å². The fraction of sp³-hybridized carbons (Fsp3) is 0.227. The average Bonchev–Trinajstić information content (AvgIpc) is 3.40. The molecule has 6 nitrogen and oxygen atoms in total. The normalized spacial score (nSPS) is 10.9. The van der Waals surface area contributed by atoms with Crippen molar-refractivity contribution < 1.29 is 13.9 Å². The van der Waals surface area contributed by atoms with E-state index < -0.39 is 0 Å². The highest BCUT2D eigenvalue weighted by Gasteiger charge is 2.13. The van der Waals surface area contributed by atoms with E-state index in [1.165, 1.54) is 22.9 Å². The molecule has 0 aliphatic rings. The molecule has 154 valence electrons. The van der Waals surface area contributed by atoms with Gasteiger partial charge in [0.25, 0.3) is 5.22 Å². The van der Waals surface area contributed by atoms with E-state index in [-0.39, 0.29) is 0 Å². The Morgan fingerprint density at radius 3 is 2.43 bits per heavy atom. The largest absolute Gasteiger partial charge is 0.493 e. The molecule has 0 amide bonds. The van der Waals surface area contributed by atoms with Crippen molar-refractivity contribution in [2.75, 3.05) is 14.2 Å². The minimum atomic E-state index is 0.532. The van der Waals surface area contributed by atoms with Gasteiger partial charge >= 0.3 is 0 Å². The van der Waals surface area contributed by atoms with E-state index in [0.29, 0.717) is 28.4 Å². The first-order valence-corrected chi connectivity index (χ1v) is 11.1. The number of benzene rings is 2. The third-order valence-electron chi connectivity index (χ3n) is 4.40. The first-order chi connectivity index (χ1) is 14.6. The van der Waals surface area contributed by atoms with Crippen LogP contribution in [0, 0.1) is 13.8 Å². The van der Waals surface area contributed by atoms with Crippen LogP contribution in [0.3, 0.4) is 0 Å². The van der Waals surface area contributed by atoms with E-state index >= 15 is 0 Å². The van der Waals surface area contributed by atoms with Crippen LogP contribution in [-0.4, -0.2) is 29.4 Å². The van der Waals surface area contributed by atoms with Gasteiger partial charge in [0, 0.05) is 22.3 Å². The number of rotatable bonds is 7. The van der Waals surface area contributed by atoms with E-state index in [9.17, 15) is 0 Å². The molecule has 0 N–H and O–H groups in total. The summed E-state index contributed by atoms with van der Waals surface area (Å²) in [6, 6.07) is 12.0. The summed E-state index contributed by atoms with van der Waals surface area (Å²) in [5.74, 6) is 2.57. The van der Waals surface area contributed by atoms with Crippen LogP contribution < -0.4 is 9.47 Å². The Balaban J connectivity index is 1.45. The van der Waals surface area contributed by atoms with Gasteiger partial charge in [-0.25, -0.2) is 4.98 Å². The number of ether oxygens (including phenoxy) is 2. The number of nitrogens with zero attached hydrogens (tertiary/aromatic N) is 3. The lowest BCUT2D eigenvalue weighted by atomic mass is 10.1. The molecule has 0 aliphatic carbocycles. The molecule has 0 aliphatic heterocycles. The molecule has 0 radical (unpaired) electrons. The molecule has 2 aromatic carbocycles. The van der Waals surface area contributed by atoms with E-state index in [1.54, 1.807) is 25.6 Å². The second-order valence-corrected chi connectivity index (χ2v) is 8.54. The van der Waals surface area contributed by atoms with Crippen molar-refractivity contribution in [3.63, 3.8) is 0 Å². The topological polar surface area (TPSA) is 70.3 Å². The quantitative estimate of drug-likeness (QED) is 0.338. The zero-order valence-electron chi connectivity index (χ0n) is 17.1. The first-order valence-electron chi connectivity index (χ1n) is 9.27. The maximum absolute atomic E-state index is 5.83. The van der Waals surface area contributed by atoms with Crippen LogP contribution in [-0.2, 0) is 5.75 Å². The molecule has 0 fully saturated rings. The van der Waals surface area contributed by atoms with Gasteiger partial charge in [-0.05, 0) is 44.2 Å². The summed E-state index contributed by atoms with van der Waals surface area (Å²) >= 11 is 3.07. The molecule has 0 spiro atoms. The van der Waals surface area contributed by atoms with Crippen LogP contribution in [0.25, 0.3) is 22.0 Å². The second-order valence-electron chi connectivity index (χ2n) is 6.75. The molecule has 0 atom stereocenters. The van der Waals surface area contributed by atoms with Gasteiger partial charge in [0.2, 0.25) is 5.89 Å². The lowest BCUT2D eigenvalue weighted by Crippen LogP contribution is -1.90. The Labute approximate surface area is 183 Å². The average molecular weight is 440 g/mol. The summed E-state index contributed by atoms with van der Waals surface area (Å²) in [4.78, 5) is 4.73. The van der Waals surface area contributed by atoms with Gasteiger partial charge in [0.05, 0.1) is 19.9 Å². The molecule has 2 aromatic heterocycles. The van der Waals surface area contributed by atoms with Gasteiger partial charge in [-0.2, -0.15) is 0 Å². The SMILES string of the molecule is COc1ccc(-c2nc(CSc3nnc(-c4cc(C)cc(C)c4)o3)cs2)cc1OC. The van der Waals surface area contributed by atoms with Gasteiger partial charge in [0.15, 0.2) is 11.5 Å². The number of thioether (sulfide) groups is 1. The zero-order chi connectivity index (χ0) is 21.1. The predicted octanol–water partition coefficient (Wildman–Crippen LogP) is 5.79. The molecule has 0 saturated heterocycles. The Kier molecular flexibility index (Phi) is 6.06. The lowest BCUT2D eigenvalue weighted by molar-refractivity contribution is 0.355. The fourth-order valence-corrected chi connectivity index (χ4v) is 4.67. The molecule has 2 heterocycles. The summed E-state index contributed by atoms with van der Waals surface area (Å²) in [5.41, 5.74) is 5.23. The van der Waals surface area contributed by atoms with Crippen molar-refractivity contribution in [3.8, 4) is 33.5 Å². The molecule has 0 saturated carbocycles. The molecular formula is C22H21N3O3S2. The standard InChI is InChI=1S/C22H21N3O3S2/c1-13-7-14(2)9-16(8-13)20-24-25-22(28-20)30-12-17-11-29-21(23-17)15-5-6-18(26-3)19(10-15)27-4/h5-11H,12H2,1-4H3. The molecular weight excluding hydrogens is 418 g/mol. The second kappa shape index (κ2) is 8.89. The Bertz CT molecular complexity index is 1150. The number of aryl methyl sites for hydroxylation is 2. The molecule has 30 heavy (non-hydrogen) atoms. The maximum Gasteiger partial charge on any atom is 0.277 e. The van der Waals surface area contributed by atoms with Crippen LogP contribution in [0.15, 0.2) is 51.4 Å². The number of hydrogen-bond acceptors (Lipinski definition) is 8. The first kappa shape index (κ1) is 20.4. The minimum absolute atomic E-state index is 0.532. The predicted molar refractivity (Wildman–Crippen MR) is 119 cm³/mol. The molecule has 4 aromatic rings. The van der Waals surface area contributed by atoms with Crippen molar-refractivity contribution in [1.29, 1.82) is 0 Å². The van der Waals surface area contributed by atoms with Gasteiger partial charge < -0.3 is 13.9 Å². The Hall–Kier alpha value is -2.84. The van der Waals surface area contributed by atoms with Gasteiger partial charge in [-0.15, -0.1) is 21.5 Å². The van der Waals surface area contributed by atoms with Crippen molar-refractivity contribution in [1.82, 2.24) is 15.2 Å². The fourth-order valence-electron chi connectivity index (χ4n) is 3.09. The van der Waals surface area contributed by atoms with Crippen LogP contribution in [0.1, 0.15) is 16.8 Å². The summed E-state index contributed by atoms with van der Waals surface area (Å²) in [6.45, 7) is 4.11. The van der Waals surface area contributed by atoms with Crippen LogP contribution in [0.5, 0.6) is 11.5 Å². The number of hydrogen-bond donors (Lipinski definition) is 0. The summed E-state index contributed by atoms with van der Waals surface area (Å²) < 4.78 is 16.5. The van der Waals surface area contributed by atoms with Crippen LogP contribution >= 0.6 is 23.1 Å². The van der Waals surface area contributed by atoms with Crippen molar-refractivity contribution in [2.45, 2.75) is 24.8 Å². The summed E-state index contributed by atoms with van der Waals surface area (Å²) in [7, 11) is 3.25. The highest BCUT2D eigenvalue weighted by atomic mass is 32.2. The maximum atomic E-state index is 5.83. The molecule has 8 heteroatoms. The van der Waals surface area contributed by atoms with Crippen molar-refractivity contribution in [2.24, 2.45) is 0 Å². The highest BCUT2D eigenvalue weighted by Crippen LogP contribution is 2.34. The molecule has 4 rings (SSSR count). The van der Waals surface area contributed by atoms with Crippen molar-refractivity contribution >= 4 is 23.1 Å². The monoisotopic (exact) mass is 439 g/mol.